The molecule has 19 heteroatoms. The third-order valence-corrected chi connectivity index (χ3v) is 11.9. The van der Waals surface area contributed by atoms with Crippen LogP contribution < -0.4 is 5.73 Å². The first kappa shape index (κ1) is 41.1. The highest BCUT2D eigenvalue weighted by molar-refractivity contribution is 7.50. The van der Waals surface area contributed by atoms with Gasteiger partial charge in [-0.2, -0.15) is 5.26 Å². The van der Waals surface area contributed by atoms with E-state index >= 15 is 0 Å². The largest absolute Gasteiger partial charge is 0.508 e. The summed E-state index contributed by atoms with van der Waals surface area (Å²) in [6.07, 6.45) is -0.179. The summed E-state index contributed by atoms with van der Waals surface area (Å²) < 4.78 is 47.4. The molecule has 2 fully saturated rings. The highest BCUT2D eigenvalue weighted by Crippen LogP contribution is 2.51. The summed E-state index contributed by atoms with van der Waals surface area (Å²) >= 11 is 0. The summed E-state index contributed by atoms with van der Waals surface area (Å²) in [5, 5.41) is 21.2. The highest BCUT2D eigenvalue weighted by Gasteiger charge is 2.53. The van der Waals surface area contributed by atoms with Crippen LogP contribution in [0.3, 0.4) is 0 Å². The number of ether oxygens (including phenoxy) is 6. The molecule has 5 rings (SSSR count). The van der Waals surface area contributed by atoms with Crippen molar-refractivity contribution in [1.82, 2.24) is 24.2 Å². The minimum absolute atomic E-state index is 0.0671. The lowest BCUT2D eigenvalue weighted by atomic mass is 10.0. The van der Waals surface area contributed by atoms with Gasteiger partial charge in [0.05, 0.1) is 30.5 Å². The Morgan fingerprint density at radius 3 is 2.54 bits per heavy atom. The Morgan fingerprint density at radius 2 is 1.87 bits per heavy atom. The van der Waals surface area contributed by atoms with Crippen molar-refractivity contribution in [2.24, 2.45) is 0 Å². The summed E-state index contributed by atoms with van der Waals surface area (Å²) in [5.74, 6) is -1.37. The first-order valence-electron chi connectivity index (χ1n) is 17.9. The Morgan fingerprint density at radius 1 is 1.15 bits per heavy atom. The maximum absolute atomic E-state index is 13.1. The molecule has 6 atom stereocenters. The zero-order valence-corrected chi connectivity index (χ0v) is 32.3. The number of hydrogen-bond donors (Lipinski definition) is 1. The van der Waals surface area contributed by atoms with Gasteiger partial charge in [-0.25, -0.2) is 19.7 Å². The summed E-state index contributed by atoms with van der Waals surface area (Å²) in [7, 11) is 0.156. The number of rotatable bonds is 17. The smallest absolute Gasteiger partial charge is 0.434 e. The molecular weight excluding hydrogens is 723 g/mol. The van der Waals surface area contributed by atoms with Crippen LogP contribution in [0.4, 0.5) is 16.3 Å². The standard InChI is InChI=1S/C35H49N8O10P/c1-22(2)42(23(3)4)54(17-9-14-36)53-29-27(19-50-34(44)49-18-24(5)25-10-7-8-11-26(25)43(45)46)51-33(30(29)52-35(47-6)12-15-48-16-13-35)41-21-40-28-31(37)38-20-39-32(28)41/h7-8,10-11,20-24,27,29-30,33H,9,12-13,15-19H2,1-6H3,(H2,37,38,39)/t24?,27-,29-,30-,33-,54?/m1/s1. The molecule has 0 spiro atoms. The van der Waals surface area contributed by atoms with Crippen molar-refractivity contribution in [3.05, 3.63) is 52.6 Å². The Balaban J connectivity index is 1.48. The number of hydrogen-bond acceptors (Lipinski definition) is 16. The number of benzene rings is 1. The number of imidazole rings is 1. The lowest BCUT2D eigenvalue weighted by Crippen LogP contribution is -2.49. The molecule has 3 aromatic rings. The number of nitro benzene ring substituents is 1. The van der Waals surface area contributed by atoms with Gasteiger partial charge in [0.1, 0.15) is 51.7 Å². The molecule has 294 valence electrons. The Labute approximate surface area is 315 Å². The second-order valence-corrected chi connectivity index (χ2v) is 15.5. The topological polar surface area (TPSA) is 221 Å². The van der Waals surface area contributed by atoms with E-state index in [2.05, 4.69) is 53.4 Å². The van der Waals surface area contributed by atoms with E-state index in [9.17, 15) is 20.2 Å². The summed E-state index contributed by atoms with van der Waals surface area (Å²) in [5.41, 5.74) is 7.26. The zero-order chi connectivity index (χ0) is 39.0. The van der Waals surface area contributed by atoms with Gasteiger partial charge in [-0.15, -0.1) is 0 Å². The Kier molecular flexibility index (Phi) is 14.1. The molecule has 2 N–H and O–H groups in total. The van der Waals surface area contributed by atoms with Gasteiger partial charge >= 0.3 is 6.16 Å². The molecule has 2 aliphatic heterocycles. The fourth-order valence-corrected chi connectivity index (χ4v) is 9.14. The molecule has 2 unspecified atom stereocenters. The molecule has 2 saturated heterocycles. The minimum Gasteiger partial charge on any atom is -0.434 e. The molecule has 2 aliphatic rings. The number of nitrogens with two attached hydrogens (primary N) is 1. The molecule has 0 amide bonds. The predicted octanol–water partition coefficient (Wildman–Crippen LogP) is 5.44. The molecule has 1 aromatic carbocycles. The van der Waals surface area contributed by atoms with Crippen molar-refractivity contribution in [2.45, 2.75) is 102 Å². The van der Waals surface area contributed by atoms with Crippen molar-refractivity contribution >= 4 is 37.1 Å². The lowest BCUT2D eigenvalue weighted by molar-refractivity contribution is -0.385. The highest BCUT2D eigenvalue weighted by atomic mass is 31.2. The van der Waals surface area contributed by atoms with E-state index in [1.54, 1.807) is 36.8 Å². The molecule has 54 heavy (non-hydrogen) atoms. The fourth-order valence-electron chi connectivity index (χ4n) is 6.84. The van der Waals surface area contributed by atoms with Gasteiger partial charge in [0.2, 0.25) is 0 Å². The van der Waals surface area contributed by atoms with Crippen molar-refractivity contribution in [2.75, 3.05) is 45.4 Å². The molecule has 4 heterocycles. The SMILES string of the molecule is COC1(O[C@@H]2[C@H](OP(CCC#N)N(C(C)C)C(C)C)[C@@H](COC(=O)OCC(C)c3ccccc3[N+](=O)[O-])O[C@H]2n2cnc3c(N)ncnc32)CCOCC1. The molecule has 0 aliphatic carbocycles. The number of nitrogen functional groups attached to an aromatic ring is 1. The second kappa shape index (κ2) is 18.5. The number of para-hydroxylation sites is 1. The first-order valence-corrected chi connectivity index (χ1v) is 19.3. The van der Waals surface area contributed by atoms with E-state index in [-0.39, 0.29) is 43.2 Å². The van der Waals surface area contributed by atoms with Crippen LogP contribution in [-0.4, -0.2) is 111 Å². The van der Waals surface area contributed by atoms with E-state index in [1.807, 2.05) is 0 Å². The van der Waals surface area contributed by atoms with Gasteiger partial charge in [0.25, 0.3) is 5.69 Å². The number of nitriles is 1. The van der Waals surface area contributed by atoms with Gasteiger partial charge < -0.3 is 38.7 Å². The van der Waals surface area contributed by atoms with Gasteiger partial charge in [-0.3, -0.25) is 19.4 Å². The van der Waals surface area contributed by atoms with Gasteiger partial charge in [0.15, 0.2) is 23.5 Å². The number of fused-ring (bicyclic) bond motifs is 1. The number of carbonyl (C=O) groups excluding carboxylic acids is 1. The van der Waals surface area contributed by atoms with Crippen LogP contribution >= 0.6 is 8.30 Å². The number of aromatic nitrogens is 4. The van der Waals surface area contributed by atoms with Crippen LogP contribution in [0.25, 0.3) is 11.2 Å². The molecule has 0 saturated carbocycles. The fraction of sp³-hybridized carbons (Fsp3) is 0.629. The van der Waals surface area contributed by atoms with Crippen LogP contribution in [0.1, 0.15) is 71.6 Å². The maximum atomic E-state index is 13.1. The predicted molar refractivity (Wildman–Crippen MR) is 196 cm³/mol. The first-order chi connectivity index (χ1) is 25.9. The number of nitro groups is 1. The minimum atomic E-state index is -1.42. The summed E-state index contributed by atoms with van der Waals surface area (Å²) in [4.78, 5) is 37.2. The third-order valence-electron chi connectivity index (χ3n) is 9.38. The molecular formula is C35H49N8O10P. The lowest BCUT2D eigenvalue weighted by Gasteiger charge is -2.42. The van der Waals surface area contributed by atoms with E-state index in [1.165, 1.54) is 18.7 Å². The third kappa shape index (κ3) is 9.40. The maximum Gasteiger partial charge on any atom is 0.508 e. The average molecular weight is 773 g/mol. The quantitative estimate of drug-likeness (QED) is 0.0593. The van der Waals surface area contributed by atoms with Crippen molar-refractivity contribution in [3.8, 4) is 6.07 Å². The molecule has 18 nitrogen and oxygen atoms in total. The number of nitrogens with zero attached hydrogens (tertiary/aromatic N) is 7. The van der Waals surface area contributed by atoms with Crippen LogP contribution in [0, 0.1) is 21.4 Å². The monoisotopic (exact) mass is 772 g/mol. The Bertz CT molecular complexity index is 1760. The summed E-state index contributed by atoms with van der Waals surface area (Å²) in [6, 6.07) is 8.67. The summed E-state index contributed by atoms with van der Waals surface area (Å²) in [6.45, 7) is 10.3. The van der Waals surface area contributed by atoms with E-state index in [0.29, 0.717) is 48.9 Å². The van der Waals surface area contributed by atoms with E-state index in [4.69, 9.17) is 38.7 Å². The van der Waals surface area contributed by atoms with Crippen LogP contribution in [0.2, 0.25) is 0 Å². The van der Waals surface area contributed by atoms with Crippen molar-refractivity contribution in [3.63, 3.8) is 0 Å². The van der Waals surface area contributed by atoms with Crippen LogP contribution in [0.15, 0.2) is 36.9 Å². The Hall–Kier alpha value is -4.08. The van der Waals surface area contributed by atoms with E-state index in [0.717, 1.165) is 0 Å². The molecule has 0 bridgehead atoms. The van der Waals surface area contributed by atoms with Crippen LogP contribution in [0.5, 0.6) is 0 Å². The van der Waals surface area contributed by atoms with Gasteiger partial charge in [-0.05, 0) is 27.7 Å². The van der Waals surface area contributed by atoms with E-state index < -0.39 is 55.6 Å². The molecule has 0 radical (unpaired) electrons. The number of anilines is 1. The molecule has 2 aromatic heterocycles. The van der Waals surface area contributed by atoms with Crippen molar-refractivity contribution in [1.29, 1.82) is 5.26 Å². The number of methoxy groups -OCH3 is 1. The van der Waals surface area contributed by atoms with Crippen LogP contribution in [-0.2, 0) is 32.9 Å². The normalized spacial score (nSPS) is 22.4. The number of carbonyl (C=O) groups is 1. The van der Waals surface area contributed by atoms with Gasteiger partial charge in [0, 0.05) is 62.2 Å². The second-order valence-electron chi connectivity index (χ2n) is 13.7. The zero-order valence-electron chi connectivity index (χ0n) is 31.4. The van der Waals surface area contributed by atoms with Crippen molar-refractivity contribution < 1.29 is 42.7 Å². The average Bonchev–Trinajstić information content (AvgIpc) is 3.73. The van der Waals surface area contributed by atoms with Gasteiger partial charge in [-0.1, -0.05) is 25.1 Å².